The third-order valence-corrected chi connectivity index (χ3v) is 3.74. The lowest BCUT2D eigenvalue weighted by Crippen LogP contribution is -2.01. The molecule has 0 radical (unpaired) electrons. The van der Waals surface area contributed by atoms with Crippen LogP contribution < -0.4 is 5.32 Å². The maximum atomic E-state index is 11.2. The van der Waals surface area contributed by atoms with Crippen LogP contribution in [0, 0.1) is 0 Å². The van der Waals surface area contributed by atoms with Crippen molar-refractivity contribution in [2.45, 2.75) is 0 Å². The number of carboxylic acids is 1. The molecule has 0 aliphatic rings. The number of para-hydroxylation sites is 1. The van der Waals surface area contributed by atoms with Crippen LogP contribution in [0.3, 0.4) is 0 Å². The number of aromatic carboxylic acids is 1. The number of nitrogens with zero attached hydrogens (tertiary/aromatic N) is 2. The summed E-state index contributed by atoms with van der Waals surface area (Å²) in [5.74, 6) is -0.268. The highest BCUT2D eigenvalue weighted by atomic mass is 16.4. The largest absolute Gasteiger partial charge is 0.478 e. The third-order valence-electron chi connectivity index (χ3n) is 3.74. The number of carboxylic acid groups (broad SMARTS) is 1. The van der Waals surface area contributed by atoms with E-state index in [0.29, 0.717) is 11.3 Å². The number of anilines is 2. The van der Waals surface area contributed by atoms with Crippen molar-refractivity contribution in [1.82, 2.24) is 9.38 Å². The molecule has 4 rings (SSSR count). The molecule has 0 atom stereocenters. The summed E-state index contributed by atoms with van der Waals surface area (Å²) in [6, 6.07) is 18.6. The topological polar surface area (TPSA) is 66.6 Å². The van der Waals surface area contributed by atoms with Crippen molar-refractivity contribution in [2.75, 3.05) is 5.32 Å². The predicted molar refractivity (Wildman–Crippen MR) is 89.4 cm³/mol. The Balaban J connectivity index is 1.94. The molecule has 0 saturated heterocycles. The van der Waals surface area contributed by atoms with Gasteiger partial charge in [0.15, 0.2) is 5.82 Å². The van der Waals surface area contributed by atoms with E-state index in [0.717, 1.165) is 16.7 Å². The molecule has 23 heavy (non-hydrogen) atoms. The Hall–Kier alpha value is -3.34. The van der Waals surface area contributed by atoms with E-state index in [-0.39, 0.29) is 5.56 Å². The first-order chi connectivity index (χ1) is 11.2. The van der Waals surface area contributed by atoms with Crippen LogP contribution >= 0.6 is 0 Å². The van der Waals surface area contributed by atoms with Crippen LogP contribution in [0.15, 0.2) is 66.9 Å². The fourth-order valence-electron chi connectivity index (χ4n) is 2.66. The minimum atomic E-state index is -0.959. The highest BCUT2D eigenvalue weighted by molar-refractivity contribution is 5.94. The predicted octanol–water partition coefficient (Wildman–Crippen LogP) is 3.93. The maximum absolute atomic E-state index is 11.2. The number of aromatic nitrogens is 2. The van der Waals surface area contributed by atoms with Crippen molar-refractivity contribution in [3.8, 4) is 0 Å². The molecule has 4 aromatic rings. The van der Waals surface area contributed by atoms with Gasteiger partial charge in [-0.2, -0.15) is 0 Å². The fourth-order valence-corrected chi connectivity index (χ4v) is 2.66. The zero-order valence-electron chi connectivity index (χ0n) is 12.1. The van der Waals surface area contributed by atoms with Gasteiger partial charge in [-0.3, -0.25) is 0 Å². The molecular formula is C18H13N3O2. The van der Waals surface area contributed by atoms with Gasteiger partial charge in [-0.05, 0) is 42.5 Å². The van der Waals surface area contributed by atoms with Gasteiger partial charge in [0, 0.05) is 11.9 Å². The van der Waals surface area contributed by atoms with E-state index in [2.05, 4.69) is 10.3 Å². The van der Waals surface area contributed by atoms with Crippen molar-refractivity contribution >= 4 is 34.0 Å². The van der Waals surface area contributed by atoms with Crippen LogP contribution in [0.2, 0.25) is 0 Å². The monoisotopic (exact) mass is 303 g/mol. The molecule has 0 aliphatic carbocycles. The molecule has 5 heteroatoms. The summed E-state index contributed by atoms with van der Waals surface area (Å²) in [5, 5.41) is 12.5. The average molecular weight is 303 g/mol. The van der Waals surface area contributed by atoms with E-state index in [1.54, 1.807) is 18.2 Å². The van der Waals surface area contributed by atoms with Gasteiger partial charge >= 0.3 is 5.97 Å². The lowest BCUT2D eigenvalue weighted by Gasteiger charge is -2.11. The van der Waals surface area contributed by atoms with Crippen LogP contribution in [-0.2, 0) is 0 Å². The first-order valence-corrected chi connectivity index (χ1v) is 7.18. The van der Waals surface area contributed by atoms with E-state index < -0.39 is 5.97 Å². The first-order valence-electron chi connectivity index (χ1n) is 7.18. The van der Waals surface area contributed by atoms with Gasteiger partial charge in [-0.25, -0.2) is 9.78 Å². The third kappa shape index (κ3) is 2.28. The Morgan fingerprint density at radius 2 is 1.83 bits per heavy atom. The molecule has 0 amide bonds. The van der Waals surface area contributed by atoms with E-state index in [4.69, 9.17) is 0 Å². The molecule has 5 nitrogen and oxygen atoms in total. The summed E-state index contributed by atoms with van der Waals surface area (Å²) in [6.07, 6.45) is 1.94. The van der Waals surface area contributed by atoms with Crippen LogP contribution in [0.1, 0.15) is 10.4 Å². The molecule has 0 aliphatic heterocycles. The molecule has 0 bridgehead atoms. The van der Waals surface area contributed by atoms with E-state index >= 15 is 0 Å². The number of fused-ring (bicyclic) bond motifs is 3. The molecule has 0 unspecified atom stereocenters. The molecule has 2 aromatic heterocycles. The Morgan fingerprint density at radius 3 is 2.61 bits per heavy atom. The summed E-state index contributed by atoms with van der Waals surface area (Å²) < 4.78 is 2.00. The fraction of sp³-hybridized carbons (Fsp3) is 0. The number of hydrogen-bond acceptors (Lipinski definition) is 3. The quantitative estimate of drug-likeness (QED) is 0.602. The van der Waals surface area contributed by atoms with Crippen molar-refractivity contribution in [2.24, 2.45) is 0 Å². The second-order valence-corrected chi connectivity index (χ2v) is 5.22. The Bertz CT molecular complexity index is 1020. The zero-order chi connectivity index (χ0) is 15.8. The normalized spacial score (nSPS) is 11.0. The highest BCUT2D eigenvalue weighted by Crippen LogP contribution is 2.25. The number of carbonyl (C=O) groups is 1. The van der Waals surface area contributed by atoms with Crippen LogP contribution in [0.25, 0.3) is 16.6 Å². The standard InChI is InChI=1S/C18H13N3O2/c22-18(23)12-8-9-15-14(11-12)20-17(16-7-4-10-21(15)16)19-13-5-2-1-3-6-13/h1-11H,(H,19,20)(H,22,23). The molecule has 2 aromatic carbocycles. The van der Waals surface area contributed by atoms with E-state index in [1.165, 1.54) is 0 Å². The zero-order valence-corrected chi connectivity index (χ0v) is 12.1. The van der Waals surface area contributed by atoms with Gasteiger partial charge in [0.1, 0.15) is 0 Å². The number of nitrogens with one attached hydrogen (secondary N) is 1. The summed E-state index contributed by atoms with van der Waals surface area (Å²) in [6.45, 7) is 0. The van der Waals surface area contributed by atoms with E-state index in [9.17, 15) is 9.90 Å². The van der Waals surface area contributed by atoms with Crippen molar-refractivity contribution in [3.05, 3.63) is 72.4 Å². The van der Waals surface area contributed by atoms with Crippen molar-refractivity contribution in [1.29, 1.82) is 0 Å². The highest BCUT2D eigenvalue weighted by Gasteiger charge is 2.11. The minimum Gasteiger partial charge on any atom is -0.478 e. The lowest BCUT2D eigenvalue weighted by atomic mass is 10.2. The number of benzene rings is 2. The summed E-state index contributed by atoms with van der Waals surface area (Å²) in [4.78, 5) is 15.8. The average Bonchev–Trinajstić information content (AvgIpc) is 3.05. The summed E-state index contributed by atoms with van der Waals surface area (Å²) >= 11 is 0. The maximum Gasteiger partial charge on any atom is 0.335 e. The van der Waals surface area contributed by atoms with Gasteiger partial charge in [-0.1, -0.05) is 18.2 Å². The SMILES string of the molecule is O=C(O)c1ccc2c(c1)nc(Nc1ccccc1)c1cccn12. The Kier molecular flexibility index (Phi) is 2.98. The number of rotatable bonds is 3. The molecule has 0 fully saturated rings. The van der Waals surface area contributed by atoms with Crippen molar-refractivity contribution < 1.29 is 9.90 Å². The molecule has 0 saturated carbocycles. The smallest absolute Gasteiger partial charge is 0.335 e. The molecule has 2 N–H and O–H groups in total. The summed E-state index contributed by atoms with van der Waals surface area (Å²) in [7, 11) is 0. The molecular weight excluding hydrogens is 290 g/mol. The van der Waals surface area contributed by atoms with Gasteiger partial charge in [-0.15, -0.1) is 0 Å². The summed E-state index contributed by atoms with van der Waals surface area (Å²) in [5.41, 5.74) is 3.59. The molecule has 112 valence electrons. The van der Waals surface area contributed by atoms with Crippen LogP contribution in [0.4, 0.5) is 11.5 Å². The van der Waals surface area contributed by atoms with Crippen LogP contribution in [-0.4, -0.2) is 20.5 Å². The molecule has 2 heterocycles. The lowest BCUT2D eigenvalue weighted by molar-refractivity contribution is 0.0697. The molecule has 0 spiro atoms. The van der Waals surface area contributed by atoms with Gasteiger partial charge in [0.25, 0.3) is 0 Å². The first kappa shape index (κ1) is 13.3. The Morgan fingerprint density at radius 1 is 1.00 bits per heavy atom. The second-order valence-electron chi connectivity index (χ2n) is 5.22. The van der Waals surface area contributed by atoms with Crippen molar-refractivity contribution in [3.63, 3.8) is 0 Å². The van der Waals surface area contributed by atoms with Crippen LogP contribution in [0.5, 0.6) is 0 Å². The van der Waals surface area contributed by atoms with Gasteiger partial charge in [0.05, 0.1) is 22.1 Å². The second kappa shape index (κ2) is 5.14. The van der Waals surface area contributed by atoms with Gasteiger partial charge < -0.3 is 14.8 Å². The minimum absolute atomic E-state index is 0.224. The number of hydrogen-bond donors (Lipinski definition) is 2. The van der Waals surface area contributed by atoms with E-state index in [1.807, 2.05) is 53.1 Å². The van der Waals surface area contributed by atoms with Gasteiger partial charge in [0.2, 0.25) is 0 Å². The Labute approximate surface area is 131 Å².